The first-order valence-electron chi connectivity index (χ1n) is 19.9. The molecule has 1 heterocycles. The van der Waals surface area contributed by atoms with Gasteiger partial charge < -0.3 is 4.90 Å². The normalized spacial score (nSPS) is 11.8. The van der Waals surface area contributed by atoms with Crippen LogP contribution in [0.2, 0.25) is 0 Å². The molecule has 12 rings (SSSR count). The minimum absolute atomic E-state index is 1.11. The van der Waals surface area contributed by atoms with E-state index in [-0.39, 0.29) is 0 Å². The summed E-state index contributed by atoms with van der Waals surface area (Å²) in [5, 5.41) is 15.2. The Kier molecular flexibility index (Phi) is 7.47. The quantitative estimate of drug-likeness (QED) is 0.158. The van der Waals surface area contributed by atoms with E-state index >= 15 is 0 Å². The van der Waals surface area contributed by atoms with Crippen molar-refractivity contribution in [2.24, 2.45) is 0 Å². The summed E-state index contributed by atoms with van der Waals surface area (Å²) in [5.74, 6) is 0. The average Bonchev–Trinajstić information content (AvgIpc) is 3.64. The van der Waals surface area contributed by atoms with Crippen LogP contribution in [0.1, 0.15) is 0 Å². The molecule has 0 N–H and O–H groups in total. The van der Waals surface area contributed by atoms with Gasteiger partial charge in [0, 0.05) is 37.2 Å². The molecule has 58 heavy (non-hydrogen) atoms. The van der Waals surface area contributed by atoms with Crippen molar-refractivity contribution in [3.63, 3.8) is 0 Å². The molecule has 12 aromatic rings. The van der Waals surface area contributed by atoms with Gasteiger partial charge in [0.15, 0.2) is 0 Å². The van der Waals surface area contributed by atoms with Crippen LogP contribution in [-0.2, 0) is 0 Å². The van der Waals surface area contributed by atoms with Gasteiger partial charge in [-0.3, -0.25) is 0 Å². The maximum atomic E-state index is 2.45. The Morgan fingerprint density at radius 1 is 0.259 bits per heavy atom. The van der Waals surface area contributed by atoms with Crippen LogP contribution in [0, 0.1) is 0 Å². The van der Waals surface area contributed by atoms with E-state index in [2.05, 4.69) is 217 Å². The number of thiophene rings is 1. The van der Waals surface area contributed by atoms with Crippen LogP contribution in [0.5, 0.6) is 0 Å². The zero-order valence-electron chi connectivity index (χ0n) is 31.6. The third-order valence-electron chi connectivity index (χ3n) is 12.0. The number of rotatable bonds is 5. The predicted octanol–water partition coefficient (Wildman–Crippen LogP) is 16.6. The van der Waals surface area contributed by atoms with Gasteiger partial charge >= 0.3 is 0 Å². The fraction of sp³-hybridized carbons (Fsp3) is 0. The third-order valence-corrected chi connectivity index (χ3v) is 13.1. The van der Waals surface area contributed by atoms with Crippen molar-refractivity contribution in [3.05, 3.63) is 212 Å². The molecular weight excluding hydrogens is 719 g/mol. The van der Waals surface area contributed by atoms with Gasteiger partial charge in [0.1, 0.15) is 0 Å². The van der Waals surface area contributed by atoms with Crippen LogP contribution >= 0.6 is 11.3 Å². The van der Waals surface area contributed by atoms with Crippen molar-refractivity contribution < 1.29 is 0 Å². The van der Waals surface area contributed by atoms with Gasteiger partial charge in [0.05, 0.1) is 0 Å². The lowest BCUT2D eigenvalue weighted by molar-refractivity contribution is 1.30. The van der Waals surface area contributed by atoms with Crippen molar-refractivity contribution >= 4 is 102 Å². The Balaban J connectivity index is 1.09. The molecule has 0 unspecified atom stereocenters. The molecule has 2 heteroatoms. The fourth-order valence-electron chi connectivity index (χ4n) is 9.23. The number of hydrogen-bond donors (Lipinski definition) is 0. The number of benzene rings is 11. The van der Waals surface area contributed by atoms with Crippen LogP contribution in [0.4, 0.5) is 17.1 Å². The molecule has 0 saturated carbocycles. The van der Waals surface area contributed by atoms with Crippen molar-refractivity contribution in [2.45, 2.75) is 0 Å². The van der Waals surface area contributed by atoms with Gasteiger partial charge in [-0.05, 0) is 131 Å². The molecule has 0 radical (unpaired) electrons. The Bertz CT molecular complexity index is 3570. The van der Waals surface area contributed by atoms with Crippen molar-refractivity contribution in [1.29, 1.82) is 0 Å². The predicted molar refractivity (Wildman–Crippen MR) is 252 cm³/mol. The number of anilines is 3. The SMILES string of the molecule is c1ccc2cc3c(cc2c1)sc1cc(N(c2ccc(-c4cccc5ccccc45)cc2)c2cc(-c4cc5ccccc5c5ccccc45)c4ccccc4c2)ccc13. The van der Waals surface area contributed by atoms with Crippen LogP contribution < -0.4 is 4.90 Å². The summed E-state index contributed by atoms with van der Waals surface area (Å²) in [6.07, 6.45) is 0. The molecule has 0 aliphatic rings. The second kappa shape index (κ2) is 13.2. The monoisotopic (exact) mass is 753 g/mol. The van der Waals surface area contributed by atoms with Crippen molar-refractivity contribution in [1.82, 2.24) is 0 Å². The summed E-state index contributed by atoms with van der Waals surface area (Å²) in [6, 6.07) is 78.5. The molecule has 0 aliphatic heterocycles. The van der Waals surface area contributed by atoms with E-state index < -0.39 is 0 Å². The molecule has 0 aliphatic carbocycles. The van der Waals surface area contributed by atoms with E-state index in [1.54, 1.807) is 0 Å². The van der Waals surface area contributed by atoms with Crippen LogP contribution in [0.15, 0.2) is 212 Å². The second-order valence-corrected chi connectivity index (χ2v) is 16.4. The summed E-state index contributed by atoms with van der Waals surface area (Å²) in [7, 11) is 0. The first-order chi connectivity index (χ1) is 28.7. The highest BCUT2D eigenvalue weighted by Crippen LogP contribution is 2.46. The number of fused-ring (bicyclic) bond motifs is 9. The Morgan fingerprint density at radius 3 is 1.59 bits per heavy atom. The highest BCUT2D eigenvalue weighted by atomic mass is 32.1. The van der Waals surface area contributed by atoms with Crippen LogP contribution in [0.3, 0.4) is 0 Å². The third kappa shape index (κ3) is 5.30. The van der Waals surface area contributed by atoms with E-state index in [0.717, 1.165) is 17.1 Å². The van der Waals surface area contributed by atoms with Crippen LogP contribution in [-0.4, -0.2) is 0 Å². The van der Waals surface area contributed by atoms with Gasteiger partial charge in [0.2, 0.25) is 0 Å². The summed E-state index contributed by atoms with van der Waals surface area (Å²) in [5.41, 5.74) is 8.27. The highest BCUT2D eigenvalue weighted by molar-refractivity contribution is 7.26. The average molecular weight is 754 g/mol. The molecule has 0 fully saturated rings. The first kappa shape index (κ1) is 32.9. The number of hydrogen-bond acceptors (Lipinski definition) is 2. The summed E-state index contributed by atoms with van der Waals surface area (Å²) >= 11 is 1.88. The number of nitrogens with zero attached hydrogens (tertiary/aromatic N) is 1. The lowest BCUT2D eigenvalue weighted by Crippen LogP contribution is -2.10. The molecule has 0 spiro atoms. The minimum Gasteiger partial charge on any atom is -0.310 e. The smallest absolute Gasteiger partial charge is 0.0476 e. The Hall–Kier alpha value is -7.26. The van der Waals surface area contributed by atoms with Crippen molar-refractivity contribution in [2.75, 3.05) is 4.90 Å². The molecule has 1 aromatic heterocycles. The van der Waals surface area contributed by atoms with Gasteiger partial charge in [-0.15, -0.1) is 11.3 Å². The summed E-state index contributed by atoms with van der Waals surface area (Å²) in [6.45, 7) is 0. The summed E-state index contributed by atoms with van der Waals surface area (Å²) < 4.78 is 2.59. The molecule has 0 amide bonds. The van der Waals surface area contributed by atoms with E-state index in [1.165, 1.54) is 96.3 Å². The molecule has 1 nitrogen and oxygen atoms in total. The molecular formula is C56H35NS. The highest BCUT2D eigenvalue weighted by Gasteiger charge is 2.20. The standard InChI is InChI=1S/C56H35NS/c1-2-14-39-33-55-54(31-38(39)13-1)51-29-28-43(35-56(51)58-55)57(42-26-24-37(25-27-42)46-23-11-17-36-12-3-6-18-45(36)46)44-30-40-15-4-8-20-48(40)53(34-44)52-32-41-16-5-7-19-47(41)49-21-9-10-22-50(49)52/h1-35H. The fourth-order valence-corrected chi connectivity index (χ4v) is 10.4. The molecule has 270 valence electrons. The molecule has 0 saturated heterocycles. The largest absolute Gasteiger partial charge is 0.310 e. The summed E-state index contributed by atoms with van der Waals surface area (Å²) in [4.78, 5) is 2.45. The van der Waals surface area contributed by atoms with E-state index in [1.807, 2.05) is 11.3 Å². The topological polar surface area (TPSA) is 3.24 Å². The molecule has 11 aromatic carbocycles. The van der Waals surface area contributed by atoms with E-state index in [9.17, 15) is 0 Å². The maximum Gasteiger partial charge on any atom is 0.0476 e. The first-order valence-corrected chi connectivity index (χ1v) is 20.7. The Morgan fingerprint density at radius 2 is 0.810 bits per heavy atom. The van der Waals surface area contributed by atoms with Crippen molar-refractivity contribution in [3.8, 4) is 22.3 Å². The van der Waals surface area contributed by atoms with Gasteiger partial charge in [-0.2, -0.15) is 0 Å². The van der Waals surface area contributed by atoms with Gasteiger partial charge in [-0.25, -0.2) is 0 Å². The minimum atomic E-state index is 1.11. The van der Waals surface area contributed by atoms with Gasteiger partial charge in [0.25, 0.3) is 0 Å². The maximum absolute atomic E-state index is 2.45. The zero-order valence-corrected chi connectivity index (χ0v) is 32.4. The zero-order chi connectivity index (χ0) is 38.2. The lowest BCUT2D eigenvalue weighted by Gasteiger charge is -2.27. The lowest BCUT2D eigenvalue weighted by atomic mass is 9.90. The van der Waals surface area contributed by atoms with E-state index in [0.29, 0.717) is 0 Å². The van der Waals surface area contributed by atoms with Crippen LogP contribution in [0.25, 0.3) is 96.3 Å². The van der Waals surface area contributed by atoms with Gasteiger partial charge in [-0.1, -0.05) is 158 Å². The molecule has 0 atom stereocenters. The van der Waals surface area contributed by atoms with E-state index in [4.69, 9.17) is 0 Å². The molecule has 0 bridgehead atoms. The second-order valence-electron chi connectivity index (χ2n) is 15.3. The Labute approximate surface area is 340 Å².